The molecule has 2 aromatic rings. The van der Waals surface area contributed by atoms with Gasteiger partial charge in [0, 0.05) is 0 Å². The number of rotatable bonds is 4. The Balaban J connectivity index is 2.03. The van der Waals surface area contributed by atoms with Crippen LogP contribution in [-0.2, 0) is 21.3 Å². The highest BCUT2D eigenvalue weighted by Crippen LogP contribution is 2.25. The molecule has 0 saturated heterocycles. The molecule has 0 amide bonds. The van der Waals surface area contributed by atoms with Crippen LogP contribution in [0.15, 0.2) is 65.9 Å². The molecular formula is C15H15N3O3S. The summed E-state index contributed by atoms with van der Waals surface area (Å²) in [5.74, 6) is 0. The lowest BCUT2D eigenvalue weighted by molar-refractivity contribution is 0.159. The minimum Gasteiger partial charge on any atom is -0.395 e. The number of hydrogen-bond acceptors (Lipinski definition) is 5. The summed E-state index contributed by atoms with van der Waals surface area (Å²) < 4.78 is 23.6. The molecule has 0 unspecified atom stereocenters. The van der Waals surface area contributed by atoms with Gasteiger partial charge in [-0.1, -0.05) is 35.9 Å². The van der Waals surface area contributed by atoms with Gasteiger partial charge in [-0.3, -0.25) is 0 Å². The van der Waals surface area contributed by atoms with Gasteiger partial charge in [-0.25, -0.2) is 18.6 Å². The fourth-order valence-electron chi connectivity index (χ4n) is 2.29. The van der Waals surface area contributed by atoms with Gasteiger partial charge in [0.05, 0.1) is 16.8 Å². The standard InChI is InChI=1S/C15H15N3O3S/c16-22(19,20)15-7-6-14(18-8-9-21-17-18)11-13(15)10-12-4-2-1-3-5-12/h1-9,11,17H,10H2,(H2,16,19,20). The normalized spacial score (nSPS) is 14.1. The molecule has 6 nitrogen and oxygen atoms in total. The molecule has 3 N–H and O–H groups in total. The summed E-state index contributed by atoms with van der Waals surface area (Å²) in [5, 5.41) is 6.96. The highest BCUT2D eigenvalue weighted by Gasteiger charge is 2.17. The first-order valence-electron chi connectivity index (χ1n) is 6.61. The average Bonchev–Trinajstić information content (AvgIpc) is 3.01. The van der Waals surface area contributed by atoms with Gasteiger partial charge in [-0.05, 0) is 35.7 Å². The van der Waals surface area contributed by atoms with Crippen LogP contribution in [0.3, 0.4) is 0 Å². The van der Waals surface area contributed by atoms with E-state index in [1.165, 1.54) is 12.3 Å². The van der Waals surface area contributed by atoms with E-state index in [-0.39, 0.29) is 4.90 Å². The van der Waals surface area contributed by atoms with E-state index in [0.29, 0.717) is 12.0 Å². The lowest BCUT2D eigenvalue weighted by Gasteiger charge is -2.17. The molecule has 0 radical (unpaired) electrons. The number of nitrogens with one attached hydrogen (secondary N) is 1. The van der Waals surface area contributed by atoms with Crippen molar-refractivity contribution in [1.82, 2.24) is 5.59 Å². The highest BCUT2D eigenvalue weighted by atomic mass is 32.2. The van der Waals surface area contributed by atoms with Crippen molar-refractivity contribution in [2.45, 2.75) is 11.3 Å². The van der Waals surface area contributed by atoms with Crippen molar-refractivity contribution in [2.75, 3.05) is 5.01 Å². The van der Waals surface area contributed by atoms with E-state index in [2.05, 4.69) is 5.59 Å². The quantitative estimate of drug-likeness (QED) is 0.896. The number of nitrogens with two attached hydrogens (primary N) is 1. The summed E-state index contributed by atoms with van der Waals surface area (Å²) in [7, 11) is -3.78. The lowest BCUT2D eigenvalue weighted by Crippen LogP contribution is -2.27. The van der Waals surface area contributed by atoms with Gasteiger partial charge in [0.25, 0.3) is 0 Å². The van der Waals surface area contributed by atoms with Gasteiger partial charge in [0.15, 0.2) is 0 Å². The zero-order valence-electron chi connectivity index (χ0n) is 11.6. The van der Waals surface area contributed by atoms with Crippen LogP contribution in [0.2, 0.25) is 0 Å². The molecule has 0 aliphatic carbocycles. The third-order valence-electron chi connectivity index (χ3n) is 3.30. The van der Waals surface area contributed by atoms with E-state index in [4.69, 9.17) is 9.98 Å². The van der Waals surface area contributed by atoms with Crippen LogP contribution in [0.5, 0.6) is 0 Å². The van der Waals surface area contributed by atoms with Crippen molar-refractivity contribution in [3.05, 3.63) is 72.1 Å². The van der Waals surface area contributed by atoms with Crippen LogP contribution in [0, 0.1) is 0 Å². The first-order valence-corrected chi connectivity index (χ1v) is 8.15. The molecule has 0 aromatic heterocycles. The van der Waals surface area contributed by atoms with Gasteiger partial charge >= 0.3 is 0 Å². The third-order valence-corrected chi connectivity index (χ3v) is 4.31. The minimum absolute atomic E-state index is 0.129. The number of nitrogens with zero attached hydrogens (tertiary/aromatic N) is 1. The summed E-state index contributed by atoms with van der Waals surface area (Å²) >= 11 is 0. The van der Waals surface area contributed by atoms with E-state index in [9.17, 15) is 8.42 Å². The van der Waals surface area contributed by atoms with Crippen LogP contribution in [0.4, 0.5) is 5.69 Å². The second kappa shape index (κ2) is 5.80. The topological polar surface area (TPSA) is 84.7 Å². The number of sulfonamides is 1. The molecule has 114 valence electrons. The zero-order chi connectivity index (χ0) is 15.6. The Morgan fingerprint density at radius 2 is 1.91 bits per heavy atom. The fourth-order valence-corrected chi connectivity index (χ4v) is 3.05. The van der Waals surface area contributed by atoms with E-state index in [1.54, 1.807) is 23.3 Å². The molecule has 7 heteroatoms. The number of hydrogen-bond donors (Lipinski definition) is 2. The minimum atomic E-state index is -3.78. The Bertz CT molecular complexity index is 804. The van der Waals surface area contributed by atoms with Crippen LogP contribution < -0.4 is 15.7 Å². The van der Waals surface area contributed by atoms with E-state index < -0.39 is 10.0 Å². The van der Waals surface area contributed by atoms with Gasteiger partial charge in [-0.2, -0.15) is 0 Å². The fraction of sp³-hybridized carbons (Fsp3) is 0.0667. The molecule has 1 aliphatic heterocycles. The summed E-state index contributed by atoms with van der Waals surface area (Å²) in [6.45, 7) is 0. The Kier molecular flexibility index (Phi) is 3.84. The smallest absolute Gasteiger partial charge is 0.238 e. The first kappa shape index (κ1) is 14.6. The molecule has 1 heterocycles. The Morgan fingerprint density at radius 3 is 2.55 bits per heavy atom. The SMILES string of the molecule is NS(=O)(=O)c1ccc(N2C=CON2)cc1Cc1ccccc1. The van der Waals surface area contributed by atoms with Crippen molar-refractivity contribution in [2.24, 2.45) is 5.14 Å². The summed E-state index contributed by atoms with van der Waals surface area (Å²) in [5.41, 5.74) is 5.06. The Morgan fingerprint density at radius 1 is 1.14 bits per heavy atom. The van der Waals surface area contributed by atoms with Gasteiger partial charge in [0.1, 0.15) is 6.26 Å². The van der Waals surface area contributed by atoms with Crippen molar-refractivity contribution < 1.29 is 13.3 Å². The maximum Gasteiger partial charge on any atom is 0.238 e. The van der Waals surface area contributed by atoms with Crippen molar-refractivity contribution >= 4 is 15.7 Å². The molecular weight excluding hydrogens is 302 g/mol. The first-order chi connectivity index (χ1) is 10.5. The molecule has 0 saturated carbocycles. The van der Waals surface area contributed by atoms with Gasteiger partial charge < -0.3 is 4.84 Å². The molecule has 3 rings (SSSR count). The van der Waals surface area contributed by atoms with Gasteiger partial charge in [-0.15, -0.1) is 0 Å². The van der Waals surface area contributed by atoms with Crippen LogP contribution >= 0.6 is 0 Å². The number of benzene rings is 2. The van der Waals surface area contributed by atoms with E-state index in [0.717, 1.165) is 11.3 Å². The summed E-state index contributed by atoms with van der Waals surface area (Å²) in [6.07, 6.45) is 3.65. The van der Waals surface area contributed by atoms with E-state index >= 15 is 0 Å². The predicted molar refractivity (Wildman–Crippen MR) is 82.9 cm³/mol. The summed E-state index contributed by atoms with van der Waals surface area (Å²) in [4.78, 5) is 5.05. The van der Waals surface area contributed by atoms with Crippen LogP contribution in [0.1, 0.15) is 11.1 Å². The zero-order valence-corrected chi connectivity index (χ0v) is 12.5. The monoisotopic (exact) mass is 317 g/mol. The highest BCUT2D eigenvalue weighted by molar-refractivity contribution is 7.89. The molecule has 2 aromatic carbocycles. The molecule has 1 aliphatic rings. The second-order valence-corrected chi connectivity index (χ2v) is 6.39. The maximum atomic E-state index is 11.8. The maximum absolute atomic E-state index is 11.8. The van der Waals surface area contributed by atoms with Crippen LogP contribution in [0.25, 0.3) is 0 Å². The summed E-state index contributed by atoms with van der Waals surface area (Å²) in [6, 6.07) is 14.6. The molecule has 0 fully saturated rings. The van der Waals surface area contributed by atoms with Crippen molar-refractivity contribution in [3.8, 4) is 0 Å². The Hall–Kier alpha value is -2.35. The molecule has 22 heavy (non-hydrogen) atoms. The van der Waals surface area contributed by atoms with Crippen molar-refractivity contribution in [3.63, 3.8) is 0 Å². The lowest BCUT2D eigenvalue weighted by atomic mass is 10.0. The largest absolute Gasteiger partial charge is 0.395 e. The average molecular weight is 317 g/mol. The number of hydrazine groups is 1. The molecule has 0 spiro atoms. The third kappa shape index (κ3) is 3.11. The predicted octanol–water partition coefficient (Wildman–Crippen LogP) is 1.65. The number of primary sulfonamides is 1. The molecule has 0 atom stereocenters. The van der Waals surface area contributed by atoms with Crippen molar-refractivity contribution in [1.29, 1.82) is 0 Å². The molecule has 0 bridgehead atoms. The second-order valence-electron chi connectivity index (χ2n) is 4.86. The number of anilines is 1. The van der Waals surface area contributed by atoms with Crippen LogP contribution in [-0.4, -0.2) is 8.42 Å². The van der Waals surface area contributed by atoms with E-state index in [1.807, 2.05) is 30.3 Å². The van der Waals surface area contributed by atoms with Gasteiger partial charge in [0.2, 0.25) is 10.0 Å². The Labute approximate surface area is 128 Å².